The highest BCUT2D eigenvalue weighted by molar-refractivity contribution is 9.10. The molecule has 0 aliphatic carbocycles. The molecule has 31 heavy (non-hydrogen) atoms. The summed E-state index contributed by atoms with van der Waals surface area (Å²) in [5.74, 6) is 1.53. The fraction of sp³-hybridized carbons (Fsp3) is 0.240. The van der Waals surface area contributed by atoms with Gasteiger partial charge in [0, 0.05) is 0 Å². The van der Waals surface area contributed by atoms with E-state index in [0.29, 0.717) is 0 Å². The largest absolute Gasteiger partial charge is 0.497 e. The number of hydrogen-bond donors (Lipinski definition) is 0. The maximum absolute atomic E-state index is 13.3. The fourth-order valence-electron chi connectivity index (χ4n) is 3.91. The average molecular weight is 482 g/mol. The molecule has 0 bridgehead atoms. The first kappa shape index (κ1) is 21.2. The zero-order valence-electron chi connectivity index (χ0n) is 17.5. The minimum absolute atomic E-state index is 0.137. The third-order valence-electron chi connectivity index (χ3n) is 5.51. The van der Waals surface area contributed by atoms with Crippen LogP contribution in [0.2, 0.25) is 0 Å². The molecule has 4 rings (SSSR count). The van der Waals surface area contributed by atoms with E-state index in [4.69, 9.17) is 14.2 Å². The Morgan fingerprint density at radius 2 is 1.77 bits per heavy atom. The summed E-state index contributed by atoms with van der Waals surface area (Å²) in [5, 5.41) is 0. The standard InChI is InChI=1S/C25H24BrNO4/c1-29-20-11-8-18(9-12-20)22-13-10-19-14-24(30-2)21(26)15-23(19)27(22)25(28)31-16-17-6-4-3-5-7-17/h3-9,11-12,14-15,22H,10,13,16H2,1-2H3. The van der Waals surface area contributed by atoms with Crippen LogP contribution in [-0.4, -0.2) is 20.3 Å². The number of carbonyl (C=O) groups is 1. The summed E-state index contributed by atoms with van der Waals surface area (Å²) in [7, 11) is 3.28. The zero-order chi connectivity index (χ0) is 21.8. The minimum Gasteiger partial charge on any atom is -0.497 e. The van der Waals surface area contributed by atoms with Crippen molar-refractivity contribution >= 4 is 27.7 Å². The Bertz CT molecular complexity index is 1050. The Kier molecular flexibility index (Phi) is 6.47. The van der Waals surface area contributed by atoms with Crippen LogP contribution in [0.5, 0.6) is 11.5 Å². The lowest BCUT2D eigenvalue weighted by molar-refractivity contribution is 0.143. The van der Waals surface area contributed by atoms with Crippen molar-refractivity contribution in [1.29, 1.82) is 0 Å². The van der Waals surface area contributed by atoms with Gasteiger partial charge in [-0.15, -0.1) is 0 Å². The van der Waals surface area contributed by atoms with Gasteiger partial charge in [0.2, 0.25) is 0 Å². The molecular formula is C25H24BrNO4. The van der Waals surface area contributed by atoms with Crippen LogP contribution < -0.4 is 14.4 Å². The van der Waals surface area contributed by atoms with Crippen LogP contribution in [0.25, 0.3) is 0 Å². The predicted molar refractivity (Wildman–Crippen MR) is 124 cm³/mol. The van der Waals surface area contributed by atoms with E-state index in [1.807, 2.05) is 66.7 Å². The molecule has 0 fully saturated rings. The third-order valence-corrected chi connectivity index (χ3v) is 6.13. The van der Waals surface area contributed by atoms with E-state index in [1.165, 1.54) is 0 Å². The molecule has 1 heterocycles. The van der Waals surface area contributed by atoms with Gasteiger partial charge in [-0.05, 0) is 69.7 Å². The predicted octanol–water partition coefficient (Wildman–Crippen LogP) is 6.30. The Hall–Kier alpha value is -2.99. The summed E-state index contributed by atoms with van der Waals surface area (Å²) in [6, 6.07) is 21.3. The Morgan fingerprint density at radius 1 is 1.03 bits per heavy atom. The number of methoxy groups -OCH3 is 2. The summed E-state index contributed by atoms with van der Waals surface area (Å²) in [6.07, 6.45) is 1.24. The van der Waals surface area contributed by atoms with E-state index in [-0.39, 0.29) is 18.7 Å². The average Bonchev–Trinajstić information content (AvgIpc) is 2.82. The number of nitrogens with zero attached hydrogens (tertiary/aromatic N) is 1. The highest BCUT2D eigenvalue weighted by Gasteiger charge is 2.34. The summed E-state index contributed by atoms with van der Waals surface area (Å²) in [6.45, 7) is 0.220. The van der Waals surface area contributed by atoms with E-state index in [2.05, 4.69) is 15.9 Å². The molecule has 0 saturated heterocycles. The maximum Gasteiger partial charge on any atom is 0.415 e. The summed E-state index contributed by atoms with van der Waals surface area (Å²) in [4.78, 5) is 15.1. The third kappa shape index (κ3) is 4.54. The second-order valence-electron chi connectivity index (χ2n) is 7.35. The van der Waals surface area contributed by atoms with Crippen molar-refractivity contribution in [3.05, 3.63) is 87.9 Å². The number of halogens is 1. The van der Waals surface area contributed by atoms with Gasteiger partial charge in [0.15, 0.2) is 0 Å². The van der Waals surface area contributed by atoms with Gasteiger partial charge >= 0.3 is 6.09 Å². The SMILES string of the molecule is COc1ccc(C2CCc3cc(OC)c(Br)cc3N2C(=O)OCc2ccccc2)cc1. The maximum atomic E-state index is 13.3. The Labute approximate surface area is 190 Å². The number of aryl methyl sites for hydroxylation is 1. The smallest absolute Gasteiger partial charge is 0.415 e. The minimum atomic E-state index is -0.373. The summed E-state index contributed by atoms with van der Waals surface area (Å²) in [5.41, 5.74) is 3.87. The second kappa shape index (κ2) is 9.43. The van der Waals surface area contributed by atoms with Crippen LogP contribution in [0.4, 0.5) is 10.5 Å². The van der Waals surface area contributed by atoms with Gasteiger partial charge in [-0.1, -0.05) is 42.5 Å². The number of ether oxygens (including phenoxy) is 3. The highest BCUT2D eigenvalue weighted by atomic mass is 79.9. The van der Waals surface area contributed by atoms with Gasteiger partial charge in [0.1, 0.15) is 18.1 Å². The molecule has 0 radical (unpaired) electrons. The van der Waals surface area contributed by atoms with E-state index in [9.17, 15) is 4.79 Å². The van der Waals surface area contributed by atoms with Gasteiger partial charge in [-0.25, -0.2) is 4.79 Å². The Morgan fingerprint density at radius 3 is 2.45 bits per heavy atom. The van der Waals surface area contributed by atoms with Crippen LogP contribution in [-0.2, 0) is 17.8 Å². The molecule has 1 aliphatic rings. The van der Waals surface area contributed by atoms with Crippen molar-refractivity contribution < 1.29 is 19.0 Å². The van der Waals surface area contributed by atoms with Crippen LogP contribution in [0, 0.1) is 0 Å². The quantitative estimate of drug-likeness (QED) is 0.429. The van der Waals surface area contributed by atoms with Crippen LogP contribution in [0.15, 0.2) is 71.2 Å². The van der Waals surface area contributed by atoms with E-state index in [1.54, 1.807) is 19.1 Å². The second-order valence-corrected chi connectivity index (χ2v) is 8.21. The summed E-state index contributed by atoms with van der Waals surface area (Å²) >= 11 is 3.56. The molecule has 1 amide bonds. The molecule has 160 valence electrons. The van der Waals surface area contributed by atoms with E-state index in [0.717, 1.165) is 51.2 Å². The molecule has 3 aromatic rings. The van der Waals surface area contributed by atoms with Crippen LogP contribution >= 0.6 is 15.9 Å². The van der Waals surface area contributed by atoms with Gasteiger partial charge in [-0.2, -0.15) is 0 Å². The molecule has 1 aliphatic heterocycles. The van der Waals surface area contributed by atoms with Crippen LogP contribution in [0.3, 0.4) is 0 Å². The molecule has 0 saturated carbocycles. The molecule has 0 N–H and O–H groups in total. The molecule has 0 spiro atoms. The lowest BCUT2D eigenvalue weighted by Gasteiger charge is -2.37. The number of benzene rings is 3. The first-order valence-corrected chi connectivity index (χ1v) is 10.9. The number of fused-ring (bicyclic) bond motifs is 1. The zero-order valence-corrected chi connectivity index (χ0v) is 19.1. The molecule has 5 nitrogen and oxygen atoms in total. The van der Waals surface area contributed by atoms with Crippen molar-refractivity contribution in [2.45, 2.75) is 25.5 Å². The number of hydrogen-bond acceptors (Lipinski definition) is 4. The summed E-state index contributed by atoms with van der Waals surface area (Å²) < 4.78 is 17.3. The van der Waals surface area contributed by atoms with E-state index < -0.39 is 0 Å². The molecule has 3 aromatic carbocycles. The van der Waals surface area contributed by atoms with Gasteiger partial charge in [-0.3, -0.25) is 4.90 Å². The van der Waals surface area contributed by atoms with Crippen molar-refractivity contribution in [2.24, 2.45) is 0 Å². The lowest BCUT2D eigenvalue weighted by Crippen LogP contribution is -2.38. The van der Waals surface area contributed by atoms with Crippen molar-refractivity contribution in [2.75, 3.05) is 19.1 Å². The molecule has 1 unspecified atom stereocenters. The molecule has 0 aromatic heterocycles. The van der Waals surface area contributed by atoms with Crippen molar-refractivity contribution in [3.63, 3.8) is 0 Å². The number of anilines is 1. The molecule has 6 heteroatoms. The first-order chi connectivity index (χ1) is 15.1. The lowest BCUT2D eigenvalue weighted by atomic mass is 9.91. The van der Waals surface area contributed by atoms with Crippen molar-refractivity contribution in [3.8, 4) is 11.5 Å². The molecular weight excluding hydrogens is 458 g/mol. The van der Waals surface area contributed by atoms with Gasteiger partial charge in [0.05, 0.1) is 30.4 Å². The number of amides is 1. The van der Waals surface area contributed by atoms with Gasteiger partial charge < -0.3 is 14.2 Å². The monoisotopic (exact) mass is 481 g/mol. The van der Waals surface area contributed by atoms with Gasteiger partial charge in [0.25, 0.3) is 0 Å². The van der Waals surface area contributed by atoms with Crippen LogP contribution in [0.1, 0.15) is 29.2 Å². The Balaban J connectivity index is 1.69. The number of carbonyl (C=O) groups excluding carboxylic acids is 1. The van der Waals surface area contributed by atoms with Crippen molar-refractivity contribution in [1.82, 2.24) is 0 Å². The number of rotatable bonds is 5. The first-order valence-electron chi connectivity index (χ1n) is 10.1. The highest BCUT2D eigenvalue weighted by Crippen LogP contribution is 2.43. The fourth-order valence-corrected chi connectivity index (χ4v) is 4.40. The molecule has 1 atom stereocenters. The van der Waals surface area contributed by atoms with E-state index >= 15 is 0 Å². The normalized spacial score (nSPS) is 15.2. The topological polar surface area (TPSA) is 48.0 Å².